The maximum absolute atomic E-state index is 13.4. The van der Waals surface area contributed by atoms with E-state index in [1.807, 2.05) is 0 Å². The van der Waals surface area contributed by atoms with Crippen LogP contribution in [-0.2, 0) is 19.6 Å². The fourth-order valence-electron chi connectivity index (χ4n) is 4.49. The van der Waals surface area contributed by atoms with Crippen molar-refractivity contribution < 1.29 is 32.6 Å². The number of sulfonamides is 1. The van der Waals surface area contributed by atoms with E-state index < -0.39 is 22.0 Å². The molecule has 1 saturated heterocycles. The minimum absolute atomic E-state index is 0.0386. The molecule has 1 amide bonds. The van der Waals surface area contributed by atoms with Gasteiger partial charge in [0.25, 0.3) is 5.97 Å². The lowest BCUT2D eigenvalue weighted by molar-refractivity contribution is -0.135. The standard InChI is InChI=1S/C25H37N5O5S.C2H4O2/c1-4-17-9-12-30(13-10-17)24(31)21(6-5-11-28-25(26)27)29-36(32,33)20-8-7-18-15-22(34-2)23(35-3)16-19(18)14-20;1-2(3)4/h7-8,14-17,21,29H,4-6,9-13H2,1-3H3,(H4,26,27,28);1H3,(H,3,4)/t21-;/m0./s1. The Labute approximate surface area is 235 Å². The molecule has 2 aromatic carbocycles. The first kappa shape index (κ1) is 32.6. The molecule has 0 spiro atoms. The van der Waals surface area contributed by atoms with Crippen LogP contribution in [0, 0.1) is 5.92 Å². The van der Waals surface area contributed by atoms with Gasteiger partial charge in [-0.1, -0.05) is 19.4 Å². The zero-order chi connectivity index (χ0) is 29.9. The van der Waals surface area contributed by atoms with Crippen molar-refractivity contribution in [1.29, 1.82) is 0 Å². The van der Waals surface area contributed by atoms with Gasteiger partial charge in [0.2, 0.25) is 15.9 Å². The highest BCUT2D eigenvalue weighted by Gasteiger charge is 2.31. The molecular weight excluding hydrogens is 538 g/mol. The maximum Gasteiger partial charge on any atom is 0.300 e. The van der Waals surface area contributed by atoms with Crippen LogP contribution in [0.25, 0.3) is 10.8 Å². The summed E-state index contributed by atoms with van der Waals surface area (Å²) in [5.41, 5.74) is 10.8. The Bertz CT molecular complexity index is 1280. The van der Waals surface area contributed by atoms with Gasteiger partial charge < -0.3 is 30.9 Å². The summed E-state index contributed by atoms with van der Waals surface area (Å²) in [7, 11) is -0.929. The number of methoxy groups -OCH3 is 2. The molecule has 40 heavy (non-hydrogen) atoms. The van der Waals surface area contributed by atoms with Gasteiger partial charge in [0.15, 0.2) is 17.5 Å². The number of nitrogens with two attached hydrogens (primary N) is 2. The van der Waals surface area contributed by atoms with Gasteiger partial charge in [-0.3, -0.25) is 14.6 Å². The molecule has 2 aromatic rings. The summed E-state index contributed by atoms with van der Waals surface area (Å²) in [5.74, 6) is 0.556. The number of aliphatic carboxylic acids is 1. The fourth-order valence-corrected chi connectivity index (χ4v) is 5.75. The van der Waals surface area contributed by atoms with Gasteiger partial charge in [0, 0.05) is 26.6 Å². The van der Waals surface area contributed by atoms with Crippen molar-refractivity contribution in [1.82, 2.24) is 9.62 Å². The first-order valence-electron chi connectivity index (χ1n) is 13.1. The third-order valence-electron chi connectivity index (χ3n) is 6.67. The Morgan fingerprint density at radius 3 is 2.20 bits per heavy atom. The van der Waals surface area contributed by atoms with Crippen LogP contribution in [0.3, 0.4) is 0 Å². The highest BCUT2D eigenvalue weighted by atomic mass is 32.2. The van der Waals surface area contributed by atoms with E-state index in [4.69, 9.17) is 30.8 Å². The summed E-state index contributed by atoms with van der Waals surface area (Å²) in [6.45, 7) is 4.80. The van der Waals surface area contributed by atoms with Crippen molar-refractivity contribution in [2.24, 2.45) is 22.4 Å². The number of carbonyl (C=O) groups is 2. The first-order chi connectivity index (χ1) is 18.9. The second kappa shape index (κ2) is 15.3. The summed E-state index contributed by atoms with van der Waals surface area (Å²) < 4.78 is 40.1. The molecule has 222 valence electrons. The lowest BCUT2D eigenvalue weighted by Gasteiger charge is -2.34. The lowest BCUT2D eigenvalue weighted by atomic mass is 9.94. The summed E-state index contributed by atoms with van der Waals surface area (Å²) in [4.78, 5) is 28.2. The number of fused-ring (bicyclic) bond motifs is 1. The van der Waals surface area contributed by atoms with E-state index in [-0.39, 0.29) is 23.2 Å². The molecule has 0 aromatic heterocycles. The van der Waals surface area contributed by atoms with E-state index in [9.17, 15) is 13.2 Å². The van der Waals surface area contributed by atoms with Gasteiger partial charge in [-0.2, -0.15) is 4.72 Å². The molecule has 1 aliphatic heterocycles. The minimum atomic E-state index is -3.99. The normalized spacial score (nSPS) is 14.6. The van der Waals surface area contributed by atoms with Crippen molar-refractivity contribution in [3.8, 4) is 11.5 Å². The van der Waals surface area contributed by atoms with Crippen LogP contribution < -0.4 is 25.7 Å². The third kappa shape index (κ3) is 9.56. The number of nitrogens with one attached hydrogen (secondary N) is 1. The molecule has 1 aliphatic rings. The van der Waals surface area contributed by atoms with Gasteiger partial charge in [0.1, 0.15) is 6.04 Å². The quantitative estimate of drug-likeness (QED) is 0.176. The number of rotatable bonds is 11. The molecular formula is C27H41N5O7S. The molecule has 1 fully saturated rings. The van der Waals surface area contributed by atoms with E-state index in [1.54, 1.807) is 36.3 Å². The van der Waals surface area contributed by atoms with Crippen LogP contribution >= 0.6 is 0 Å². The summed E-state index contributed by atoms with van der Waals surface area (Å²) in [5, 5.41) is 8.89. The summed E-state index contributed by atoms with van der Waals surface area (Å²) >= 11 is 0. The average Bonchev–Trinajstić information content (AvgIpc) is 2.92. The number of aliphatic imine (C=N–C) groups is 1. The van der Waals surface area contributed by atoms with Crippen LogP contribution in [0.15, 0.2) is 40.2 Å². The van der Waals surface area contributed by atoms with E-state index >= 15 is 0 Å². The lowest BCUT2D eigenvalue weighted by Crippen LogP contribution is -2.50. The Morgan fingerprint density at radius 1 is 1.10 bits per heavy atom. The van der Waals surface area contributed by atoms with E-state index in [2.05, 4.69) is 16.6 Å². The van der Waals surface area contributed by atoms with Crippen molar-refractivity contribution >= 4 is 38.6 Å². The van der Waals surface area contributed by atoms with Crippen LogP contribution in [0.1, 0.15) is 46.0 Å². The van der Waals surface area contributed by atoms with Crippen molar-refractivity contribution in [3.05, 3.63) is 30.3 Å². The highest BCUT2D eigenvalue weighted by molar-refractivity contribution is 7.89. The number of likely N-dealkylation sites (tertiary alicyclic amines) is 1. The molecule has 3 rings (SSSR count). The Balaban J connectivity index is 0.00000131. The predicted molar refractivity (Wildman–Crippen MR) is 154 cm³/mol. The number of nitrogens with zero attached hydrogens (tertiary/aromatic N) is 2. The fraction of sp³-hybridized carbons (Fsp3) is 0.519. The van der Waals surface area contributed by atoms with E-state index in [0.29, 0.717) is 48.9 Å². The topological polar surface area (TPSA) is 187 Å². The zero-order valence-electron chi connectivity index (χ0n) is 23.6. The Hall–Kier alpha value is -3.58. The molecule has 12 nitrogen and oxygen atoms in total. The number of carbonyl (C=O) groups excluding carboxylic acids is 1. The van der Waals surface area contributed by atoms with Crippen LogP contribution in [-0.4, -0.2) is 76.2 Å². The first-order valence-corrected chi connectivity index (χ1v) is 14.6. The number of carboxylic acids is 1. The van der Waals surface area contributed by atoms with Crippen LogP contribution in [0.4, 0.5) is 0 Å². The number of piperidine rings is 1. The van der Waals surface area contributed by atoms with Crippen LogP contribution in [0.5, 0.6) is 11.5 Å². The van der Waals surface area contributed by atoms with Crippen molar-refractivity contribution in [2.75, 3.05) is 33.9 Å². The number of amides is 1. The second-order valence-corrected chi connectivity index (χ2v) is 11.2. The number of benzene rings is 2. The number of hydrogen-bond acceptors (Lipinski definition) is 7. The number of carboxylic acid groups (broad SMARTS) is 1. The summed E-state index contributed by atoms with van der Waals surface area (Å²) in [6.07, 6.45) is 3.66. The van der Waals surface area contributed by atoms with Crippen molar-refractivity contribution in [3.63, 3.8) is 0 Å². The third-order valence-corrected chi connectivity index (χ3v) is 8.14. The smallest absolute Gasteiger partial charge is 0.300 e. The molecule has 13 heteroatoms. The molecule has 0 unspecified atom stereocenters. The van der Waals surface area contributed by atoms with Crippen molar-refractivity contribution in [2.45, 2.75) is 56.9 Å². The molecule has 6 N–H and O–H groups in total. The van der Waals surface area contributed by atoms with Gasteiger partial charge >= 0.3 is 0 Å². The molecule has 1 heterocycles. The monoisotopic (exact) mass is 579 g/mol. The van der Waals surface area contributed by atoms with Gasteiger partial charge in [-0.05, 0) is 66.6 Å². The molecule has 0 saturated carbocycles. The molecule has 0 aliphatic carbocycles. The number of hydrogen-bond donors (Lipinski definition) is 4. The number of ether oxygens (including phenoxy) is 2. The van der Waals surface area contributed by atoms with Gasteiger partial charge in [0.05, 0.1) is 19.1 Å². The zero-order valence-corrected chi connectivity index (χ0v) is 24.4. The van der Waals surface area contributed by atoms with Crippen LogP contribution in [0.2, 0.25) is 0 Å². The van der Waals surface area contributed by atoms with Gasteiger partial charge in [-0.15, -0.1) is 0 Å². The predicted octanol–water partition coefficient (Wildman–Crippen LogP) is 2.30. The molecule has 0 radical (unpaired) electrons. The SMILES string of the molecule is CC(=O)O.CCC1CCN(C(=O)[C@H](CCCN=C(N)N)NS(=O)(=O)c2ccc3cc(OC)c(OC)cc3c2)CC1. The molecule has 1 atom stereocenters. The van der Waals surface area contributed by atoms with Gasteiger partial charge in [-0.25, -0.2) is 8.42 Å². The average molecular weight is 580 g/mol. The molecule has 0 bridgehead atoms. The second-order valence-electron chi connectivity index (χ2n) is 9.53. The van der Waals surface area contributed by atoms with E-state index in [1.165, 1.54) is 13.2 Å². The largest absolute Gasteiger partial charge is 0.493 e. The Morgan fingerprint density at radius 2 is 1.68 bits per heavy atom. The number of guanidine groups is 1. The highest BCUT2D eigenvalue weighted by Crippen LogP contribution is 2.33. The Kier molecular flexibility index (Phi) is 12.5. The maximum atomic E-state index is 13.4. The summed E-state index contributed by atoms with van der Waals surface area (Å²) in [6, 6.07) is 7.38. The minimum Gasteiger partial charge on any atom is -0.493 e. The van der Waals surface area contributed by atoms with E-state index in [0.717, 1.165) is 31.6 Å².